The van der Waals surface area contributed by atoms with Crippen molar-refractivity contribution in [2.75, 3.05) is 6.61 Å². The summed E-state index contributed by atoms with van der Waals surface area (Å²) in [5, 5.41) is 0.491. The van der Waals surface area contributed by atoms with Gasteiger partial charge in [-0.15, -0.1) is 0 Å². The highest BCUT2D eigenvalue weighted by Gasteiger charge is 2.18. The second-order valence-electron chi connectivity index (χ2n) is 4.05. The zero-order chi connectivity index (χ0) is 12.5. The van der Waals surface area contributed by atoms with Crippen LogP contribution in [0.5, 0.6) is 0 Å². The van der Waals surface area contributed by atoms with Gasteiger partial charge in [-0.05, 0) is 6.07 Å². The molecule has 2 heterocycles. The molecule has 0 N–H and O–H groups in total. The van der Waals surface area contributed by atoms with Gasteiger partial charge in [0.15, 0.2) is 5.82 Å². The van der Waals surface area contributed by atoms with Gasteiger partial charge < -0.3 is 4.74 Å². The first-order valence-corrected chi connectivity index (χ1v) is 6.81. The largest absolute Gasteiger partial charge is 0.376 e. The molecule has 0 saturated carbocycles. The van der Waals surface area contributed by atoms with E-state index in [2.05, 4.69) is 25.9 Å². The minimum Gasteiger partial charge on any atom is -0.376 e. The maximum atomic E-state index is 6.20. The fourth-order valence-corrected chi connectivity index (χ4v) is 2.66. The second kappa shape index (κ2) is 4.96. The van der Waals surface area contributed by atoms with Crippen molar-refractivity contribution < 1.29 is 4.74 Å². The summed E-state index contributed by atoms with van der Waals surface area (Å²) >= 11 is 9.71. The molecule has 3 rings (SSSR count). The Kier molecular flexibility index (Phi) is 3.33. The Labute approximate surface area is 118 Å². The van der Waals surface area contributed by atoms with Crippen molar-refractivity contribution in [3.05, 3.63) is 45.1 Å². The fourth-order valence-electron chi connectivity index (χ4n) is 1.96. The van der Waals surface area contributed by atoms with Crippen LogP contribution in [-0.2, 0) is 17.8 Å². The molecule has 0 aliphatic carbocycles. The van der Waals surface area contributed by atoms with Crippen molar-refractivity contribution in [2.24, 2.45) is 0 Å². The zero-order valence-electron chi connectivity index (χ0n) is 9.49. The number of hydrogen-bond acceptors (Lipinski definition) is 3. The lowest BCUT2D eigenvalue weighted by Crippen LogP contribution is -2.14. The molecule has 92 valence electrons. The number of aromatic nitrogens is 2. The van der Waals surface area contributed by atoms with E-state index in [1.54, 1.807) is 0 Å². The smallest absolute Gasteiger partial charge is 0.162 e. The van der Waals surface area contributed by atoms with Crippen LogP contribution in [0, 0.1) is 0 Å². The summed E-state index contributed by atoms with van der Waals surface area (Å²) in [4.78, 5) is 8.96. The van der Waals surface area contributed by atoms with Gasteiger partial charge in [-0.3, -0.25) is 0 Å². The van der Waals surface area contributed by atoms with Crippen LogP contribution in [0.15, 0.2) is 28.7 Å². The molecule has 0 radical (unpaired) electrons. The molecule has 0 bridgehead atoms. The van der Waals surface area contributed by atoms with Crippen LogP contribution in [0.2, 0.25) is 5.15 Å². The maximum Gasteiger partial charge on any atom is 0.162 e. The van der Waals surface area contributed by atoms with Crippen LogP contribution < -0.4 is 0 Å². The molecule has 1 aliphatic heterocycles. The van der Waals surface area contributed by atoms with Gasteiger partial charge in [0.05, 0.1) is 18.9 Å². The number of benzene rings is 1. The van der Waals surface area contributed by atoms with Gasteiger partial charge in [0.2, 0.25) is 0 Å². The third-order valence-corrected chi connectivity index (χ3v) is 3.89. The predicted molar refractivity (Wildman–Crippen MR) is 73.5 cm³/mol. The van der Waals surface area contributed by atoms with Gasteiger partial charge in [-0.1, -0.05) is 45.7 Å². The third-order valence-electron chi connectivity index (χ3n) is 2.89. The number of hydrogen-bond donors (Lipinski definition) is 0. The van der Waals surface area contributed by atoms with E-state index in [9.17, 15) is 0 Å². The van der Waals surface area contributed by atoms with Crippen LogP contribution in [-0.4, -0.2) is 16.6 Å². The van der Waals surface area contributed by atoms with Crippen LogP contribution in [0.4, 0.5) is 0 Å². The molecule has 0 atom stereocenters. The van der Waals surface area contributed by atoms with E-state index >= 15 is 0 Å². The zero-order valence-corrected chi connectivity index (χ0v) is 11.8. The summed E-state index contributed by atoms with van der Waals surface area (Å²) in [5.74, 6) is 0.660. The van der Waals surface area contributed by atoms with E-state index in [1.807, 2.05) is 24.3 Å². The quantitative estimate of drug-likeness (QED) is 0.751. The standard InChI is InChI=1S/C13H10BrClN2O/c14-10-4-2-1-3-8(10)13-16-11-5-6-18-7-9(11)12(15)17-13/h1-4H,5-7H2. The summed E-state index contributed by atoms with van der Waals surface area (Å²) in [6.45, 7) is 1.19. The Morgan fingerprint density at radius 3 is 2.89 bits per heavy atom. The summed E-state index contributed by atoms with van der Waals surface area (Å²) in [6.07, 6.45) is 0.787. The lowest BCUT2D eigenvalue weighted by Gasteiger charge is -2.17. The van der Waals surface area contributed by atoms with E-state index in [1.165, 1.54) is 0 Å². The normalized spacial score (nSPS) is 14.3. The molecule has 1 aromatic carbocycles. The Morgan fingerprint density at radius 2 is 2.06 bits per heavy atom. The number of fused-ring (bicyclic) bond motifs is 1. The van der Waals surface area contributed by atoms with Gasteiger partial charge >= 0.3 is 0 Å². The molecule has 0 saturated heterocycles. The molecule has 0 spiro atoms. The van der Waals surface area contributed by atoms with E-state index in [4.69, 9.17) is 16.3 Å². The van der Waals surface area contributed by atoms with Crippen LogP contribution >= 0.6 is 27.5 Å². The molecule has 0 amide bonds. The molecular formula is C13H10BrClN2O. The highest BCUT2D eigenvalue weighted by atomic mass is 79.9. The highest BCUT2D eigenvalue weighted by molar-refractivity contribution is 9.10. The Balaban J connectivity index is 2.14. The molecule has 2 aromatic rings. The van der Waals surface area contributed by atoms with Crippen molar-refractivity contribution in [3.63, 3.8) is 0 Å². The summed E-state index contributed by atoms with van der Waals surface area (Å²) < 4.78 is 6.34. The molecular weight excluding hydrogens is 316 g/mol. The number of nitrogens with zero attached hydrogens (tertiary/aromatic N) is 2. The number of rotatable bonds is 1. The van der Waals surface area contributed by atoms with E-state index in [-0.39, 0.29) is 0 Å². The van der Waals surface area contributed by atoms with Crippen LogP contribution in [0.3, 0.4) is 0 Å². The van der Waals surface area contributed by atoms with Gasteiger partial charge in [0, 0.05) is 22.0 Å². The monoisotopic (exact) mass is 324 g/mol. The van der Waals surface area contributed by atoms with Crippen LogP contribution in [0.25, 0.3) is 11.4 Å². The van der Waals surface area contributed by atoms with Crippen molar-refractivity contribution in [2.45, 2.75) is 13.0 Å². The van der Waals surface area contributed by atoms with Gasteiger partial charge in [0.1, 0.15) is 5.15 Å². The van der Waals surface area contributed by atoms with Gasteiger partial charge in [-0.25, -0.2) is 9.97 Å². The first-order valence-electron chi connectivity index (χ1n) is 5.63. The lowest BCUT2D eigenvalue weighted by molar-refractivity contribution is 0.109. The molecule has 0 unspecified atom stereocenters. The Morgan fingerprint density at radius 1 is 1.22 bits per heavy atom. The fraction of sp³-hybridized carbons (Fsp3) is 0.231. The lowest BCUT2D eigenvalue weighted by atomic mass is 10.1. The molecule has 1 aliphatic rings. The minimum absolute atomic E-state index is 0.491. The Bertz CT molecular complexity index is 604. The van der Waals surface area contributed by atoms with E-state index in [0.717, 1.165) is 27.7 Å². The van der Waals surface area contributed by atoms with Crippen molar-refractivity contribution >= 4 is 27.5 Å². The van der Waals surface area contributed by atoms with E-state index in [0.29, 0.717) is 24.2 Å². The first kappa shape index (κ1) is 12.1. The molecule has 3 nitrogen and oxygen atoms in total. The highest BCUT2D eigenvalue weighted by Crippen LogP contribution is 2.29. The SMILES string of the molecule is Clc1nc(-c2ccccc2Br)nc2c1COCC2. The van der Waals surface area contributed by atoms with Crippen LogP contribution in [0.1, 0.15) is 11.3 Å². The average Bonchev–Trinajstić information content (AvgIpc) is 2.39. The number of ether oxygens (including phenoxy) is 1. The third kappa shape index (κ3) is 2.16. The molecule has 5 heteroatoms. The minimum atomic E-state index is 0.491. The van der Waals surface area contributed by atoms with E-state index < -0.39 is 0 Å². The molecule has 1 aromatic heterocycles. The summed E-state index contributed by atoms with van der Waals surface area (Å²) in [7, 11) is 0. The van der Waals surface area contributed by atoms with Crippen molar-refractivity contribution in [3.8, 4) is 11.4 Å². The first-order chi connectivity index (χ1) is 8.75. The molecule has 0 fully saturated rings. The Hall–Kier alpha value is -0.970. The summed E-state index contributed by atoms with van der Waals surface area (Å²) in [6, 6.07) is 7.86. The van der Waals surface area contributed by atoms with Gasteiger partial charge in [0.25, 0.3) is 0 Å². The average molecular weight is 326 g/mol. The number of halogens is 2. The second-order valence-corrected chi connectivity index (χ2v) is 5.26. The van der Waals surface area contributed by atoms with Crippen molar-refractivity contribution in [1.29, 1.82) is 0 Å². The topological polar surface area (TPSA) is 35.0 Å². The van der Waals surface area contributed by atoms with Crippen molar-refractivity contribution in [1.82, 2.24) is 9.97 Å². The summed E-state index contributed by atoms with van der Waals surface area (Å²) in [5.41, 5.74) is 2.86. The molecule has 18 heavy (non-hydrogen) atoms. The predicted octanol–water partition coefficient (Wildman–Crippen LogP) is 3.63. The van der Waals surface area contributed by atoms with Gasteiger partial charge in [-0.2, -0.15) is 0 Å². The maximum absolute atomic E-state index is 6.20.